The van der Waals surface area contributed by atoms with E-state index in [1.165, 1.54) is 0 Å². The molecule has 2 aromatic carbocycles. The van der Waals surface area contributed by atoms with Crippen LogP contribution in [0, 0.1) is 13.8 Å². The molecule has 13 nitrogen and oxygen atoms in total. The minimum absolute atomic E-state index is 0.143. The molecule has 356 valence electrons. The van der Waals surface area contributed by atoms with Crippen LogP contribution in [0.1, 0.15) is 87.8 Å². The average molecular weight is 931 g/mol. The summed E-state index contributed by atoms with van der Waals surface area (Å²) in [4.78, 5) is 72.3. The molecule has 2 aliphatic heterocycles. The SMILES string of the molecule is Cc1c(-c2ccc3c(c2)/C(=C/C2=CC=CC2)C(=O)C3)cnc2c1N(C(=O)OC(C)(C)C)CCO2.Cc1c(-c2ccc3c(c2)CC(=O)C3)cnc2c1N(C(=O)OC(C)(C)C)CCO2.O=CC1=CC=CC1. The van der Waals surface area contributed by atoms with Crippen molar-refractivity contribution in [1.29, 1.82) is 0 Å². The first kappa shape index (κ1) is 48.1. The molecule has 0 unspecified atom stereocenters. The Morgan fingerprint density at radius 1 is 0.652 bits per heavy atom. The third-order valence-electron chi connectivity index (χ3n) is 12.2. The second-order valence-corrected chi connectivity index (χ2v) is 19.6. The number of allylic oxidation sites excluding steroid dienone is 10. The van der Waals surface area contributed by atoms with E-state index in [4.69, 9.17) is 18.9 Å². The number of amides is 2. The highest BCUT2D eigenvalue weighted by Gasteiger charge is 2.34. The topological polar surface area (TPSA) is 155 Å². The van der Waals surface area contributed by atoms with E-state index in [-0.39, 0.29) is 11.6 Å². The van der Waals surface area contributed by atoms with Crippen LogP contribution in [0.3, 0.4) is 0 Å². The Morgan fingerprint density at radius 2 is 1.16 bits per heavy atom. The van der Waals surface area contributed by atoms with Crippen LogP contribution in [-0.4, -0.2) is 77.5 Å². The summed E-state index contributed by atoms with van der Waals surface area (Å²) in [7, 11) is 0. The maximum absolute atomic E-state index is 12.9. The van der Waals surface area contributed by atoms with Crippen molar-refractivity contribution < 1.29 is 42.9 Å². The summed E-state index contributed by atoms with van der Waals surface area (Å²) in [5, 5.41) is 0. The van der Waals surface area contributed by atoms with E-state index in [0.717, 1.165) is 91.5 Å². The van der Waals surface area contributed by atoms with Crippen LogP contribution in [0.4, 0.5) is 21.0 Å². The summed E-state index contributed by atoms with van der Waals surface area (Å²) in [6.45, 7) is 16.5. The Bertz CT molecular complexity index is 2920. The van der Waals surface area contributed by atoms with Gasteiger partial charge in [0.25, 0.3) is 0 Å². The van der Waals surface area contributed by atoms with E-state index >= 15 is 0 Å². The summed E-state index contributed by atoms with van der Waals surface area (Å²) in [6.07, 6.45) is 20.5. The van der Waals surface area contributed by atoms with Gasteiger partial charge < -0.3 is 18.9 Å². The molecule has 4 aliphatic carbocycles. The predicted octanol–water partition coefficient (Wildman–Crippen LogP) is 10.5. The van der Waals surface area contributed by atoms with Gasteiger partial charge in [-0.15, -0.1) is 0 Å². The molecule has 69 heavy (non-hydrogen) atoms. The zero-order valence-electron chi connectivity index (χ0n) is 40.6. The maximum atomic E-state index is 12.9. The van der Waals surface area contributed by atoms with Crippen molar-refractivity contribution in [3.8, 4) is 34.0 Å². The molecule has 0 bridgehead atoms. The molecule has 0 saturated heterocycles. The molecule has 0 saturated carbocycles. The number of ketones is 2. The first-order chi connectivity index (χ1) is 32.9. The molecule has 2 amide bonds. The number of pyridine rings is 2. The highest BCUT2D eigenvalue weighted by Crippen LogP contribution is 2.42. The number of fused-ring (bicyclic) bond motifs is 4. The molecule has 0 spiro atoms. The number of ether oxygens (including phenoxy) is 4. The number of hydrogen-bond acceptors (Lipinski definition) is 11. The summed E-state index contributed by atoms with van der Waals surface area (Å²) < 4.78 is 22.7. The monoisotopic (exact) mass is 930 g/mol. The van der Waals surface area contributed by atoms with Gasteiger partial charge in [-0.05, 0) is 136 Å². The van der Waals surface area contributed by atoms with Crippen LogP contribution in [0.15, 0.2) is 102 Å². The largest absolute Gasteiger partial charge is 0.474 e. The van der Waals surface area contributed by atoms with Crippen molar-refractivity contribution in [3.05, 3.63) is 136 Å². The fraction of sp³-hybridized carbons (Fsp3) is 0.339. The number of rotatable bonds is 4. The number of benzene rings is 2. The standard InChI is InChI=1S/C28H28N2O4.C22H24N2O4.C6H6O/c1-17-23(16-29-26-25(17)30(11-12-33-26)27(32)34-28(2,3)4)19-9-10-20-15-24(31)22(21(20)14-19)13-18-7-5-6-8-18;1-13-18(15-6-5-14-10-17(25)11-16(14)9-15)12-23-20-19(13)24(7-8-27-20)21(26)28-22(2,3)4;7-5-6-3-1-2-4-6/h5-7,9-10,13-14,16H,8,11-12,15H2,1-4H3;5-6,9,12H,7-8,10-11H2,1-4H3;1-3,5H,4H2/b22-13-;;. The molecular formula is C56H58N4O9. The third-order valence-corrected chi connectivity index (χ3v) is 12.2. The number of carbonyl (C=O) groups excluding carboxylic acids is 5. The van der Waals surface area contributed by atoms with Gasteiger partial charge in [-0.25, -0.2) is 19.6 Å². The second kappa shape index (κ2) is 19.7. The highest BCUT2D eigenvalue weighted by molar-refractivity contribution is 6.26. The van der Waals surface area contributed by atoms with Crippen LogP contribution in [0.5, 0.6) is 11.8 Å². The van der Waals surface area contributed by atoms with Gasteiger partial charge in [0.1, 0.15) is 47.9 Å². The molecule has 2 aromatic heterocycles. The minimum atomic E-state index is -0.603. The fourth-order valence-electron chi connectivity index (χ4n) is 8.91. The minimum Gasteiger partial charge on any atom is -0.474 e. The second-order valence-electron chi connectivity index (χ2n) is 19.6. The molecule has 6 aliphatic rings. The third kappa shape index (κ3) is 10.8. The number of nitrogens with zero attached hydrogens (tertiary/aromatic N) is 4. The van der Waals surface area contributed by atoms with Gasteiger partial charge >= 0.3 is 12.2 Å². The van der Waals surface area contributed by atoms with E-state index in [1.54, 1.807) is 22.2 Å². The Kier molecular flexibility index (Phi) is 13.7. The summed E-state index contributed by atoms with van der Waals surface area (Å²) in [6, 6.07) is 12.2. The average Bonchev–Trinajstić information content (AvgIpc) is 4.14. The zero-order valence-corrected chi connectivity index (χ0v) is 40.6. The summed E-state index contributed by atoms with van der Waals surface area (Å²) in [5.74, 6) is 1.26. The maximum Gasteiger partial charge on any atom is 0.415 e. The van der Waals surface area contributed by atoms with Crippen molar-refractivity contribution in [1.82, 2.24) is 9.97 Å². The van der Waals surface area contributed by atoms with Gasteiger partial charge in [0.15, 0.2) is 5.78 Å². The van der Waals surface area contributed by atoms with Gasteiger partial charge in [-0.2, -0.15) is 0 Å². The molecule has 0 fully saturated rings. The number of anilines is 2. The lowest BCUT2D eigenvalue weighted by atomic mass is 9.95. The van der Waals surface area contributed by atoms with E-state index in [9.17, 15) is 24.0 Å². The molecule has 10 rings (SSSR count). The molecule has 0 radical (unpaired) electrons. The lowest BCUT2D eigenvalue weighted by Crippen LogP contribution is -2.42. The predicted molar refractivity (Wildman–Crippen MR) is 266 cm³/mol. The summed E-state index contributed by atoms with van der Waals surface area (Å²) >= 11 is 0. The number of hydrogen-bond donors (Lipinski definition) is 0. The lowest BCUT2D eigenvalue weighted by Gasteiger charge is -2.32. The zero-order chi connectivity index (χ0) is 49.2. The van der Waals surface area contributed by atoms with Crippen LogP contribution >= 0.6 is 0 Å². The number of aldehydes is 1. The van der Waals surface area contributed by atoms with Gasteiger partial charge in [-0.1, -0.05) is 66.8 Å². The van der Waals surface area contributed by atoms with Crippen molar-refractivity contribution >= 4 is 47.0 Å². The number of Topliss-reactive ketones (excluding diaryl/α,β-unsaturated/α-hetero) is 2. The molecule has 4 heterocycles. The van der Waals surface area contributed by atoms with Crippen molar-refractivity contribution in [3.63, 3.8) is 0 Å². The van der Waals surface area contributed by atoms with Crippen molar-refractivity contribution in [2.24, 2.45) is 0 Å². The Hall–Kier alpha value is -7.41. The smallest absolute Gasteiger partial charge is 0.415 e. The quantitative estimate of drug-likeness (QED) is 0.142. The Balaban J connectivity index is 0.000000165. The Labute approximate surface area is 403 Å². The lowest BCUT2D eigenvalue weighted by molar-refractivity contribution is -0.117. The number of aromatic nitrogens is 2. The van der Waals surface area contributed by atoms with Crippen LogP contribution in [-0.2, 0) is 43.1 Å². The van der Waals surface area contributed by atoms with E-state index in [1.807, 2.05) is 116 Å². The van der Waals surface area contributed by atoms with Crippen molar-refractivity contribution in [2.75, 3.05) is 36.1 Å². The summed E-state index contributed by atoms with van der Waals surface area (Å²) in [5.41, 5.74) is 12.5. The van der Waals surface area contributed by atoms with E-state index in [2.05, 4.69) is 28.2 Å². The normalized spacial score (nSPS) is 17.0. The molecule has 0 N–H and O–H groups in total. The first-order valence-electron chi connectivity index (χ1n) is 23.3. The number of carbonyl (C=O) groups is 5. The molecule has 13 heteroatoms. The van der Waals surface area contributed by atoms with Crippen molar-refractivity contribution in [2.45, 2.75) is 98.7 Å². The highest BCUT2D eigenvalue weighted by atomic mass is 16.6. The molecule has 4 aromatic rings. The first-order valence-corrected chi connectivity index (χ1v) is 23.3. The van der Waals surface area contributed by atoms with Crippen LogP contribution in [0.25, 0.3) is 27.8 Å². The Morgan fingerprint density at radius 3 is 1.65 bits per heavy atom. The fourth-order valence-corrected chi connectivity index (χ4v) is 8.91. The molecule has 0 atom stereocenters. The van der Waals surface area contributed by atoms with E-state index in [0.29, 0.717) is 68.7 Å². The molecular weight excluding hydrogens is 873 g/mol. The van der Waals surface area contributed by atoms with Gasteiger partial charge in [0.2, 0.25) is 11.8 Å². The van der Waals surface area contributed by atoms with Crippen LogP contribution < -0.4 is 19.3 Å². The van der Waals surface area contributed by atoms with Gasteiger partial charge in [0.05, 0.1) is 13.1 Å². The van der Waals surface area contributed by atoms with Gasteiger partial charge in [-0.3, -0.25) is 24.2 Å². The van der Waals surface area contributed by atoms with Gasteiger partial charge in [0, 0.05) is 48.4 Å². The van der Waals surface area contributed by atoms with Crippen LogP contribution in [0.2, 0.25) is 0 Å². The van der Waals surface area contributed by atoms with E-state index < -0.39 is 23.4 Å².